The first-order chi connectivity index (χ1) is 11.5. The first kappa shape index (κ1) is 19.4. The van der Waals surface area contributed by atoms with Gasteiger partial charge in [-0.2, -0.15) is 0 Å². The molecule has 0 bridgehead atoms. The van der Waals surface area contributed by atoms with Crippen molar-refractivity contribution in [2.75, 3.05) is 0 Å². The van der Waals surface area contributed by atoms with E-state index < -0.39 is 35.6 Å². The smallest absolute Gasteiger partial charge is 0.407 e. The molecule has 8 nitrogen and oxygen atoms in total. The molecule has 8 heteroatoms. The number of carbonyl (C=O) groups excluding carboxylic acids is 2. The lowest BCUT2D eigenvalue weighted by Gasteiger charge is -2.36. The molecule has 0 aromatic rings. The van der Waals surface area contributed by atoms with Gasteiger partial charge in [-0.25, -0.2) is 4.79 Å². The summed E-state index contributed by atoms with van der Waals surface area (Å²) in [6.45, 7) is 8.96. The number of hydrogen-bond acceptors (Lipinski definition) is 6. The van der Waals surface area contributed by atoms with E-state index in [1.807, 2.05) is 0 Å². The Morgan fingerprint density at radius 2 is 2.04 bits per heavy atom. The van der Waals surface area contributed by atoms with Crippen molar-refractivity contribution in [3.8, 4) is 0 Å². The molecule has 1 fully saturated rings. The van der Waals surface area contributed by atoms with E-state index in [1.165, 1.54) is 6.26 Å². The number of amides is 2. The van der Waals surface area contributed by atoms with Crippen LogP contribution in [0.1, 0.15) is 53.9 Å². The summed E-state index contributed by atoms with van der Waals surface area (Å²) in [6, 6.07) is -0.321. The highest BCUT2D eigenvalue weighted by atomic mass is 16.7. The molecule has 2 aliphatic heterocycles. The molecule has 3 atom stereocenters. The predicted octanol–water partition coefficient (Wildman–Crippen LogP) is 1.93. The van der Waals surface area contributed by atoms with E-state index in [4.69, 9.17) is 24.7 Å². The van der Waals surface area contributed by atoms with Crippen LogP contribution in [0.3, 0.4) is 0 Å². The Morgan fingerprint density at radius 1 is 1.36 bits per heavy atom. The van der Waals surface area contributed by atoms with E-state index >= 15 is 0 Å². The molecule has 25 heavy (non-hydrogen) atoms. The highest BCUT2D eigenvalue weighted by molar-refractivity contribution is 5.79. The highest BCUT2D eigenvalue weighted by Gasteiger charge is 2.38. The summed E-state index contributed by atoms with van der Waals surface area (Å²) in [7, 11) is 0. The highest BCUT2D eigenvalue weighted by Crippen LogP contribution is 2.31. The lowest BCUT2D eigenvalue weighted by atomic mass is 9.95. The Bertz CT molecular complexity index is 552. The number of primary amides is 1. The molecule has 2 heterocycles. The van der Waals surface area contributed by atoms with Gasteiger partial charge in [0.1, 0.15) is 23.7 Å². The van der Waals surface area contributed by atoms with Crippen molar-refractivity contribution in [3.63, 3.8) is 0 Å². The van der Waals surface area contributed by atoms with Crippen LogP contribution in [0.25, 0.3) is 0 Å². The summed E-state index contributed by atoms with van der Waals surface area (Å²) in [4.78, 5) is 23.5. The van der Waals surface area contributed by atoms with Crippen molar-refractivity contribution in [2.24, 2.45) is 5.73 Å². The zero-order valence-electron chi connectivity index (χ0n) is 15.5. The average Bonchev–Trinajstić information content (AvgIpc) is 2.77. The number of rotatable bonds is 4. The molecule has 0 spiro atoms. The number of ether oxygens (including phenoxy) is 4. The number of hydrogen-bond donors (Lipinski definition) is 2. The monoisotopic (exact) mass is 356 g/mol. The maximum absolute atomic E-state index is 12.1. The number of carbonyl (C=O) groups is 2. The Hall–Kier alpha value is -1.96. The predicted molar refractivity (Wildman–Crippen MR) is 89.2 cm³/mol. The van der Waals surface area contributed by atoms with Gasteiger partial charge in [-0.15, -0.1) is 0 Å². The summed E-state index contributed by atoms with van der Waals surface area (Å²) >= 11 is 0. The molecule has 0 radical (unpaired) electrons. The van der Waals surface area contributed by atoms with Gasteiger partial charge in [0.05, 0.1) is 12.1 Å². The topological polar surface area (TPSA) is 109 Å². The minimum Gasteiger partial charge on any atom is -0.457 e. The van der Waals surface area contributed by atoms with Crippen molar-refractivity contribution >= 4 is 12.0 Å². The molecular formula is C17H28N2O6. The van der Waals surface area contributed by atoms with Gasteiger partial charge in [0.15, 0.2) is 0 Å². The summed E-state index contributed by atoms with van der Waals surface area (Å²) in [5.41, 5.74) is 4.77. The van der Waals surface area contributed by atoms with Crippen LogP contribution in [0.5, 0.6) is 0 Å². The zero-order valence-corrected chi connectivity index (χ0v) is 15.5. The van der Waals surface area contributed by atoms with Crippen molar-refractivity contribution in [1.82, 2.24) is 5.32 Å². The van der Waals surface area contributed by atoms with Crippen molar-refractivity contribution in [2.45, 2.75) is 83.5 Å². The van der Waals surface area contributed by atoms with Crippen LogP contribution in [-0.4, -0.2) is 41.6 Å². The van der Waals surface area contributed by atoms with Crippen molar-refractivity contribution in [3.05, 3.63) is 12.0 Å². The average molecular weight is 356 g/mol. The molecular weight excluding hydrogens is 328 g/mol. The molecule has 0 aromatic heterocycles. The molecule has 0 aliphatic carbocycles. The normalized spacial score (nSPS) is 28.4. The van der Waals surface area contributed by atoms with Gasteiger partial charge in [0.2, 0.25) is 11.7 Å². The van der Waals surface area contributed by atoms with Crippen LogP contribution < -0.4 is 11.1 Å². The van der Waals surface area contributed by atoms with Gasteiger partial charge in [-0.05, 0) is 33.6 Å². The third-order valence-corrected chi connectivity index (χ3v) is 3.80. The van der Waals surface area contributed by atoms with Crippen LogP contribution >= 0.6 is 0 Å². The maximum Gasteiger partial charge on any atom is 0.407 e. The van der Waals surface area contributed by atoms with Crippen LogP contribution in [0.2, 0.25) is 0 Å². The third kappa shape index (κ3) is 5.81. The number of nitrogens with one attached hydrogen (secondary N) is 1. The van der Waals surface area contributed by atoms with Crippen LogP contribution in [0.15, 0.2) is 12.0 Å². The molecule has 142 valence electrons. The van der Waals surface area contributed by atoms with Gasteiger partial charge in [-0.1, -0.05) is 0 Å². The molecule has 2 rings (SSSR count). The second kappa shape index (κ2) is 7.11. The zero-order chi connectivity index (χ0) is 18.8. The Balaban J connectivity index is 2.03. The Morgan fingerprint density at radius 3 is 2.56 bits per heavy atom. The van der Waals surface area contributed by atoms with Crippen molar-refractivity contribution in [1.29, 1.82) is 0 Å². The summed E-state index contributed by atoms with van der Waals surface area (Å²) < 4.78 is 22.2. The third-order valence-electron chi connectivity index (χ3n) is 3.80. The minimum atomic E-state index is -0.735. The lowest BCUT2D eigenvalue weighted by molar-refractivity contribution is -0.144. The second-order valence-corrected chi connectivity index (χ2v) is 7.80. The quantitative estimate of drug-likeness (QED) is 0.796. The molecule has 3 unspecified atom stereocenters. The van der Waals surface area contributed by atoms with E-state index in [2.05, 4.69) is 5.32 Å². The first-order valence-corrected chi connectivity index (χ1v) is 8.45. The molecule has 0 saturated carbocycles. The lowest BCUT2D eigenvalue weighted by Crippen LogP contribution is -2.52. The SMILES string of the molecule is CC(C)(C)OC(=O)NC1CCC(C(N)=O)OC1CC1=COC(C)(C)O1. The van der Waals surface area contributed by atoms with Gasteiger partial charge < -0.3 is 30.0 Å². The summed E-state index contributed by atoms with van der Waals surface area (Å²) in [5, 5.41) is 2.82. The number of nitrogens with two attached hydrogens (primary N) is 1. The standard InChI is InChI=1S/C17H28N2O6/c1-16(2,3)25-15(21)19-11-6-7-12(14(18)20)23-13(11)8-10-9-22-17(4,5)24-10/h9,11-13H,6-8H2,1-5H3,(H2,18,20)(H,19,21). The summed E-state index contributed by atoms with van der Waals surface area (Å²) in [5.74, 6) is -0.656. The van der Waals surface area contributed by atoms with E-state index in [0.29, 0.717) is 25.0 Å². The Labute approximate surface area is 148 Å². The molecule has 1 saturated heterocycles. The summed E-state index contributed by atoms with van der Waals surface area (Å²) in [6.07, 6.45) is 1.19. The van der Waals surface area contributed by atoms with Gasteiger partial charge in [-0.3, -0.25) is 4.79 Å². The van der Waals surface area contributed by atoms with Gasteiger partial charge in [0, 0.05) is 20.3 Å². The second-order valence-electron chi connectivity index (χ2n) is 7.80. The minimum absolute atomic E-state index is 0.321. The fraction of sp³-hybridized carbons (Fsp3) is 0.765. The Kier molecular flexibility index (Phi) is 5.51. The van der Waals surface area contributed by atoms with E-state index in [-0.39, 0.29) is 6.04 Å². The fourth-order valence-corrected chi connectivity index (χ4v) is 2.77. The first-order valence-electron chi connectivity index (χ1n) is 8.45. The van der Waals surface area contributed by atoms with Crippen LogP contribution in [0, 0.1) is 0 Å². The molecule has 2 amide bonds. The number of alkyl carbamates (subject to hydrolysis) is 1. The molecule has 2 aliphatic rings. The van der Waals surface area contributed by atoms with Crippen LogP contribution in [0.4, 0.5) is 4.79 Å². The van der Waals surface area contributed by atoms with Gasteiger partial charge >= 0.3 is 6.09 Å². The van der Waals surface area contributed by atoms with E-state index in [9.17, 15) is 9.59 Å². The van der Waals surface area contributed by atoms with Crippen LogP contribution in [-0.2, 0) is 23.7 Å². The largest absolute Gasteiger partial charge is 0.457 e. The van der Waals surface area contributed by atoms with Crippen molar-refractivity contribution < 1.29 is 28.5 Å². The molecule has 0 aromatic carbocycles. The fourth-order valence-electron chi connectivity index (χ4n) is 2.77. The van der Waals surface area contributed by atoms with E-state index in [0.717, 1.165) is 0 Å². The van der Waals surface area contributed by atoms with Gasteiger partial charge in [0.25, 0.3) is 0 Å². The molecule has 3 N–H and O–H groups in total. The van der Waals surface area contributed by atoms with E-state index in [1.54, 1.807) is 34.6 Å². The maximum atomic E-state index is 12.1.